The van der Waals surface area contributed by atoms with E-state index in [1.165, 1.54) is 40.2 Å². The van der Waals surface area contributed by atoms with Gasteiger partial charge in [0.15, 0.2) is 4.83 Å². The van der Waals surface area contributed by atoms with E-state index in [1.54, 1.807) is 11.3 Å². The molecule has 2 atom stereocenters. The number of hydrogen-bond acceptors (Lipinski definition) is 8. The molecule has 3 aromatic rings. The Kier molecular flexibility index (Phi) is 6.07. The van der Waals surface area contributed by atoms with Crippen molar-refractivity contribution in [2.75, 3.05) is 5.32 Å². The summed E-state index contributed by atoms with van der Waals surface area (Å²) in [6.07, 6.45) is 9.36. The molecular weight excluding hydrogens is 444 g/mol. The third-order valence-electron chi connectivity index (χ3n) is 6.76. The highest BCUT2D eigenvalue weighted by atomic mass is 32.1. The van der Waals surface area contributed by atoms with Gasteiger partial charge in [-0.3, -0.25) is 14.9 Å². The lowest BCUT2D eigenvalue weighted by molar-refractivity contribution is -0.119. The number of carbonyl (C=O) groups is 1. The first kappa shape index (κ1) is 21.6. The average Bonchev–Trinajstić information content (AvgIpc) is 3.40. The van der Waals surface area contributed by atoms with E-state index in [1.807, 2.05) is 6.92 Å². The van der Waals surface area contributed by atoms with Crippen molar-refractivity contribution in [3.05, 3.63) is 25.8 Å². The maximum atomic E-state index is 13.4. The van der Waals surface area contributed by atoms with Gasteiger partial charge in [-0.15, -0.1) is 26.6 Å². The molecule has 1 amide bonds. The minimum atomic E-state index is -0.737. The summed E-state index contributed by atoms with van der Waals surface area (Å²) >= 11 is 3.01. The van der Waals surface area contributed by atoms with Gasteiger partial charge in [-0.05, 0) is 50.0 Å². The highest BCUT2D eigenvalue weighted by Crippen LogP contribution is 2.36. The molecule has 10 heteroatoms. The van der Waals surface area contributed by atoms with Crippen LogP contribution in [0.4, 0.5) is 5.13 Å². The summed E-state index contributed by atoms with van der Waals surface area (Å²) in [6, 6.07) is -0.737. The zero-order chi connectivity index (χ0) is 22.2. The number of thiophene rings is 1. The molecule has 0 radical (unpaired) electrons. The summed E-state index contributed by atoms with van der Waals surface area (Å²) < 4.78 is 1.26. The molecule has 2 aliphatic rings. The summed E-state index contributed by atoms with van der Waals surface area (Å²) in [5.41, 5.74) is 0.887. The van der Waals surface area contributed by atoms with Crippen molar-refractivity contribution in [3.63, 3.8) is 0 Å². The van der Waals surface area contributed by atoms with Gasteiger partial charge in [0.2, 0.25) is 5.13 Å². The second kappa shape index (κ2) is 8.97. The van der Waals surface area contributed by atoms with Gasteiger partial charge in [0.05, 0.1) is 5.39 Å². The van der Waals surface area contributed by atoms with Crippen LogP contribution < -0.4 is 10.9 Å². The molecule has 1 fully saturated rings. The second-order valence-corrected chi connectivity index (χ2v) is 11.2. The Labute approximate surface area is 194 Å². The van der Waals surface area contributed by atoms with Crippen LogP contribution in [0.1, 0.15) is 86.2 Å². The van der Waals surface area contributed by atoms with Crippen molar-refractivity contribution in [1.82, 2.24) is 25.2 Å². The molecule has 1 saturated carbocycles. The monoisotopic (exact) mass is 472 g/mol. The van der Waals surface area contributed by atoms with E-state index in [2.05, 4.69) is 32.7 Å². The number of anilines is 1. The van der Waals surface area contributed by atoms with Crippen molar-refractivity contribution in [1.29, 1.82) is 0 Å². The van der Waals surface area contributed by atoms with Gasteiger partial charge in [0, 0.05) is 10.8 Å². The second-order valence-electron chi connectivity index (χ2n) is 9.06. The maximum absolute atomic E-state index is 13.4. The number of rotatable bonds is 5. The first-order valence-electron chi connectivity index (χ1n) is 11.6. The highest BCUT2D eigenvalue weighted by Gasteiger charge is 2.28. The number of hydrogen-bond donors (Lipinski definition) is 1. The van der Waals surface area contributed by atoms with Crippen LogP contribution in [0.3, 0.4) is 0 Å². The quantitative estimate of drug-likeness (QED) is 0.588. The summed E-state index contributed by atoms with van der Waals surface area (Å²) in [7, 11) is 0. The fourth-order valence-electron chi connectivity index (χ4n) is 4.93. The summed E-state index contributed by atoms with van der Waals surface area (Å²) in [4.78, 5) is 28.4. The first-order chi connectivity index (χ1) is 15.5. The minimum absolute atomic E-state index is 0.218. The Bertz CT molecular complexity index is 1190. The fraction of sp³-hybridized carbons (Fsp3) is 0.636. The predicted molar refractivity (Wildman–Crippen MR) is 127 cm³/mol. The number of amides is 1. The Hall–Kier alpha value is -2.20. The van der Waals surface area contributed by atoms with Crippen molar-refractivity contribution in [3.8, 4) is 0 Å². The summed E-state index contributed by atoms with van der Waals surface area (Å²) in [5, 5.41) is 22.0. The summed E-state index contributed by atoms with van der Waals surface area (Å²) in [6.45, 7) is 4.11. The topological polar surface area (TPSA) is 103 Å². The van der Waals surface area contributed by atoms with E-state index in [4.69, 9.17) is 0 Å². The normalized spacial score (nSPS) is 20.2. The summed E-state index contributed by atoms with van der Waals surface area (Å²) in [5.74, 6) is 0.759. The average molecular weight is 473 g/mol. The highest BCUT2D eigenvalue weighted by molar-refractivity contribution is 7.18. The Morgan fingerprint density at radius 2 is 1.97 bits per heavy atom. The van der Waals surface area contributed by atoms with Crippen LogP contribution in [-0.2, 0) is 17.6 Å². The van der Waals surface area contributed by atoms with Crippen LogP contribution in [0.25, 0.3) is 10.2 Å². The largest absolute Gasteiger partial charge is 0.299 e. The molecule has 1 N–H and O–H groups in total. The van der Waals surface area contributed by atoms with Crippen molar-refractivity contribution >= 4 is 43.9 Å². The molecule has 5 rings (SSSR count). The Morgan fingerprint density at radius 3 is 2.75 bits per heavy atom. The lowest BCUT2D eigenvalue weighted by Gasteiger charge is -2.18. The third kappa shape index (κ3) is 3.98. The number of carbonyl (C=O) groups excluding carboxylic acids is 1. The minimum Gasteiger partial charge on any atom is -0.299 e. The van der Waals surface area contributed by atoms with Crippen molar-refractivity contribution in [2.45, 2.75) is 83.6 Å². The number of aromatic nitrogens is 5. The molecule has 0 spiro atoms. The maximum Gasteiger partial charge on any atom is 0.279 e. The standard InChI is InChI=1S/C22H28N6O2S2/c1-3-15(18(29)23-22-26-24-19(32-22)13-7-5-4-6-8-13)28-21(30)17-14-10-9-12(2)11-16(14)31-20(17)25-27-28/h12-13,15H,3-11H2,1-2H3,(H,23,26,29). The fourth-order valence-corrected chi connectivity index (χ4v) is 7.17. The lowest BCUT2D eigenvalue weighted by Crippen LogP contribution is -2.35. The zero-order valence-electron chi connectivity index (χ0n) is 18.5. The molecule has 8 nitrogen and oxygen atoms in total. The van der Waals surface area contributed by atoms with Crippen LogP contribution in [0, 0.1) is 5.92 Å². The molecule has 3 aromatic heterocycles. The van der Waals surface area contributed by atoms with Gasteiger partial charge in [-0.25, -0.2) is 0 Å². The van der Waals surface area contributed by atoms with Crippen LogP contribution in [0.2, 0.25) is 0 Å². The van der Waals surface area contributed by atoms with Gasteiger partial charge in [0.1, 0.15) is 11.0 Å². The van der Waals surface area contributed by atoms with Gasteiger partial charge < -0.3 is 0 Å². The molecular formula is C22H28N6O2S2. The third-order valence-corrected chi connectivity index (χ3v) is 8.90. The molecule has 2 aliphatic carbocycles. The molecule has 32 heavy (non-hydrogen) atoms. The van der Waals surface area contributed by atoms with Crippen molar-refractivity contribution in [2.24, 2.45) is 5.92 Å². The first-order valence-corrected chi connectivity index (χ1v) is 13.2. The van der Waals surface area contributed by atoms with E-state index in [9.17, 15) is 9.59 Å². The van der Waals surface area contributed by atoms with E-state index >= 15 is 0 Å². The van der Waals surface area contributed by atoms with Gasteiger partial charge >= 0.3 is 0 Å². The van der Waals surface area contributed by atoms with Crippen molar-refractivity contribution < 1.29 is 4.79 Å². The van der Waals surface area contributed by atoms with Crippen LogP contribution in [-0.4, -0.2) is 31.1 Å². The molecule has 0 saturated heterocycles. The number of nitrogens with zero attached hydrogens (tertiary/aromatic N) is 5. The van der Waals surface area contributed by atoms with E-state index in [0.29, 0.717) is 33.6 Å². The van der Waals surface area contributed by atoms with Gasteiger partial charge in [-0.2, -0.15) is 4.68 Å². The van der Waals surface area contributed by atoms with Crippen LogP contribution in [0.5, 0.6) is 0 Å². The molecule has 0 bridgehead atoms. The molecule has 3 heterocycles. The van der Waals surface area contributed by atoms with E-state index < -0.39 is 6.04 Å². The van der Waals surface area contributed by atoms with Gasteiger partial charge in [0.25, 0.3) is 11.5 Å². The number of nitrogens with one attached hydrogen (secondary N) is 1. The smallest absolute Gasteiger partial charge is 0.279 e. The predicted octanol–water partition coefficient (Wildman–Crippen LogP) is 4.47. The lowest BCUT2D eigenvalue weighted by atomic mass is 9.89. The molecule has 2 unspecified atom stereocenters. The number of fused-ring (bicyclic) bond motifs is 3. The van der Waals surface area contributed by atoms with Gasteiger partial charge in [-0.1, -0.05) is 49.7 Å². The Balaban J connectivity index is 1.40. The van der Waals surface area contributed by atoms with Crippen LogP contribution in [0.15, 0.2) is 4.79 Å². The SMILES string of the molecule is CCC(C(=O)Nc1nnc(C2CCCCC2)s1)n1nnc2sc3c(c2c1=O)CCC(C)C3. The Morgan fingerprint density at radius 1 is 1.16 bits per heavy atom. The number of aryl methyl sites for hydroxylation is 1. The molecule has 0 aromatic carbocycles. The zero-order valence-corrected chi connectivity index (χ0v) is 20.1. The van der Waals surface area contributed by atoms with E-state index in [-0.39, 0.29) is 11.5 Å². The van der Waals surface area contributed by atoms with E-state index in [0.717, 1.165) is 42.7 Å². The molecule has 170 valence electrons. The molecule has 0 aliphatic heterocycles. The van der Waals surface area contributed by atoms with Crippen LogP contribution >= 0.6 is 22.7 Å².